The van der Waals surface area contributed by atoms with Crippen LogP contribution in [0.4, 0.5) is 4.79 Å². The van der Waals surface area contributed by atoms with Crippen LogP contribution >= 0.6 is 0 Å². The minimum atomic E-state index is -0.942. The van der Waals surface area contributed by atoms with E-state index >= 15 is 0 Å². The molecule has 0 saturated carbocycles. The molecule has 1 unspecified atom stereocenters. The summed E-state index contributed by atoms with van der Waals surface area (Å²) in [7, 11) is 1.44. The third kappa shape index (κ3) is 4.14. The first kappa shape index (κ1) is 14.8. The fourth-order valence-electron chi connectivity index (χ4n) is 1.37. The summed E-state index contributed by atoms with van der Waals surface area (Å²) < 4.78 is 10.5. The minimum absolute atomic E-state index is 0.131. The molecular weight excluding hydrogens is 252 g/mol. The zero-order chi connectivity index (χ0) is 14.4. The van der Waals surface area contributed by atoms with Gasteiger partial charge in [-0.3, -0.25) is 10.1 Å². The second-order valence-corrected chi connectivity index (χ2v) is 3.76. The summed E-state index contributed by atoms with van der Waals surface area (Å²) in [6, 6.07) is 3.85. The fraction of sp³-hybridized carbons (Fsp3) is 0.333. The number of carbonyl (C=O) groups is 2. The zero-order valence-corrected chi connectivity index (χ0v) is 10.7. The topological polar surface area (TPSA) is 111 Å². The van der Waals surface area contributed by atoms with E-state index in [1.54, 1.807) is 18.2 Å². The van der Waals surface area contributed by atoms with E-state index in [0.29, 0.717) is 17.1 Å². The monoisotopic (exact) mass is 268 g/mol. The van der Waals surface area contributed by atoms with Gasteiger partial charge in [-0.25, -0.2) is 4.79 Å². The van der Waals surface area contributed by atoms with Gasteiger partial charge >= 0.3 is 6.03 Å². The number of aliphatic hydroxyl groups excluding tert-OH is 1. The Morgan fingerprint density at radius 3 is 2.63 bits per heavy atom. The molecule has 0 heterocycles. The second kappa shape index (κ2) is 6.60. The molecule has 1 rings (SSSR count). The Hall–Kier alpha value is -2.28. The Kier molecular flexibility index (Phi) is 5.13. The number of aliphatic hydroxyl groups is 1. The lowest BCUT2D eigenvalue weighted by atomic mass is 10.2. The predicted octanol–water partition coefficient (Wildman–Crippen LogP) is 0.150. The van der Waals surface area contributed by atoms with Crippen LogP contribution in [0, 0.1) is 0 Å². The van der Waals surface area contributed by atoms with E-state index in [2.05, 4.69) is 0 Å². The number of nitrogens with two attached hydrogens (primary N) is 1. The quantitative estimate of drug-likeness (QED) is 0.704. The van der Waals surface area contributed by atoms with Crippen LogP contribution in [-0.2, 0) is 11.4 Å². The van der Waals surface area contributed by atoms with Gasteiger partial charge in [0, 0.05) is 0 Å². The van der Waals surface area contributed by atoms with Crippen molar-refractivity contribution in [1.82, 2.24) is 5.32 Å². The molecule has 0 bridgehead atoms. The maximum Gasteiger partial charge on any atom is 0.318 e. The normalized spacial score (nSPS) is 11.5. The standard InChI is InChI=1S/C12H16N2O5/c1-7(11(16)14-12(13)17)19-9-4-3-8(6-15)5-10(9)18-2/h3-5,7,15H,6H2,1-2H3,(H3,13,14,16,17). The molecule has 7 nitrogen and oxygen atoms in total. The molecule has 4 N–H and O–H groups in total. The first-order valence-electron chi connectivity index (χ1n) is 5.52. The average molecular weight is 268 g/mol. The Bertz CT molecular complexity index is 475. The van der Waals surface area contributed by atoms with Crippen molar-refractivity contribution in [3.05, 3.63) is 23.8 Å². The number of amides is 3. The van der Waals surface area contributed by atoms with E-state index in [1.165, 1.54) is 14.0 Å². The van der Waals surface area contributed by atoms with Gasteiger partial charge in [-0.05, 0) is 24.6 Å². The number of methoxy groups -OCH3 is 1. The number of hydrogen-bond donors (Lipinski definition) is 3. The Morgan fingerprint density at radius 1 is 1.42 bits per heavy atom. The molecule has 3 amide bonds. The highest BCUT2D eigenvalue weighted by Crippen LogP contribution is 2.28. The maximum absolute atomic E-state index is 11.5. The van der Waals surface area contributed by atoms with Gasteiger partial charge in [0.1, 0.15) is 0 Å². The maximum atomic E-state index is 11.5. The highest BCUT2D eigenvalue weighted by atomic mass is 16.5. The average Bonchev–Trinajstić information content (AvgIpc) is 2.38. The molecule has 0 saturated heterocycles. The molecule has 104 valence electrons. The number of nitrogens with one attached hydrogen (secondary N) is 1. The van der Waals surface area contributed by atoms with E-state index in [0.717, 1.165) is 0 Å². The SMILES string of the molecule is COc1cc(CO)ccc1OC(C)C(=O)NC(N)=O. The fourth-order valence-corrected chi connectivity index (χ4v) is 1.37. The van der Waals surface area contributed by atoms with Crippen molar-refractivity contribution < 1.29 is 24.2 Å². The third-order valence-electron chi connectivity index (χ3n) is 2.33. The first-order valence-corrected chi connectivity index (χ1v) is 5.52. The van der Waals surface area contributed by atoms with Crippen molar-refractivity contribution in [1.29, 1.82) is 0 Å². The zero-order valence-electron chi connectivity index (χ0n) is 10.7. The summed E-state index contributed by atoms with van der Waals surface area (Å²) in [6.07, 6.45) is -0.915. The van der Waals surface area contributed by atoms with Crippen LogP contribution in [0.5, 0.6) is 11.5 Å². The Morgan fingerprint density at radius 2 is 2.11 bits per heavy atom. The Balaban J connectivity index is 2.81. The largest absolute Gasteiger partial charge is 0.493 e. The number of hydrogen-bond acceptors (Lipinski definition) is 5. The molecule has 1 aromatic rings. The van der Waals surface area contributed by atoms with Gasteiger partial charge in [0.25, 0.3) is 5.91 Å². The molecule has 1 aromatic carbocycles. The highest BCUT2D eigenvalue weighted by Gasteiger charge is 2.18. The van der Waals surface area contributed by atoms with Crippen LogP contribution in [0.3, 0.4) is 0 Å². The second-order valence-electron chi connectivity index (χ2n) is 3.76. The van der Waals surface area contributed by atoms with Crippen molar-refractivity contribution in [3.63, 3.8) is 0 Å². The summed E-state index contributed by atoms with van der Waals surface area (Å²) in [5.41, 5.74) is 5.49. The molecule has 0 aliphatic carbocycles. The number of rotatable bonds is 5. The van der Waals surface area contributed by atoms with Gasteiger partial charge in [-0.1, -0.05) is 6.07 Å². The van der Waals surface area contributed by atoms with Gasteiger partial charge in [0.2, 0.25) is 0 Å². The van der Waals surface area contributed by atoms with Gasteiger partial charge in [-0.15, -0.1) is 0 Å². The van der Waals surface area contributed by atoms with Gasteiger partial charge < -0.3 is 20.3 Å². The van der Waals surface area contributed by atoms with Crippen LogP contribution < -0.4 is 20.5 Å². The molecule has 1 atom stereocenters. The molecule has 0 radical (unpaired) electrons. The van der Waals surface area contributed by atoms with E-state index < -0.39 is 18.0 Å². The van der Waals surface area contributed by atoms with E-state index in [1.807, 2.05) is 5.32 Å². The van der Waals surface area contributed by atoms with E-state index in [9.17, 15) is 9.59 Å². The van der Waals surface area contributed by atoms with Crippen LogP contribution in [0.25, 0.3) is 0 Å². The molecular formula is C12H16N2O5. The summed E-state index contributed by atoms with van der Waals surface area (Å²) in [4.78, 5) is 22.0. The number of primary amides is 1. The summed E-state index contributed by atoms with van der Waals surface area (Å²) in [5.74, 6) is 0.0536. The third-order valence-corrected chi connectivity index (χ3v) is 2.33. The van der Waals surface area contributed by atoms with Gasteiger partial charge in [-0.2, -0.15) is 0 Å². The van der Waals surface area contributed by atoms with Crippen LogP contribution in [0.15, 0.2) is 18.2 Å². The van der Waals surface area contributed by atoms with Crippen LogP contribution in [0.2, 0.25) is 0 Å². The lowest BCUT2D eigenvalue weighted by Crippen LogP contribution is -2.42. The highest BCUT2D eigenvalue weighted by molar-refractivity contribution is 5.95. The molecule has 0 fully saturated rings. The summed E-state index contributed by atoms with van der Waals surface area (Å²) >= 11 is 0. The molecule has 0 aliphatic heterocycles. The van der Waals surface area contributed by atoms with Crippen LogP contribution in [0.1, 0.15) is 12.5 Å². The minimum Gasteiger partial charge on any atom is -0.493 e. The number of imide groups is 1. The number of ether oxygens (including phenoxy) is 2. The lowest BCUT2D eigenvalue weighted by Gasteiger charge is -2.16. The molecule has 7 heteroatoms. The summed E-state index contributed by atoms with van der Waals surface area (Å²) in [5, 5.41) is 10.9. The Labute approximate surface area is 110 Å². The van der Waals surface area contributed by atoms with Crippen LogP contribution in [-0.4, -0.2) is 30.3 Å². The van der Waals surface area contributed by atoms with Crippen molar-refractivity contribution in [2.24, 2.45) is 5.73 Å². The molecule has 0 aliphatic rings. The molecule has 0 aromatic heterocycles. The first-order chi connectivity index (χ1) is 8.97. The van der Waals surface area contributed by atoms with Gasteiger partial charge in [0.15, 0.2) is 17.6 Å². The molecule has 0 spiro atoms. The summed E-state index contributed by atoms with van der Waals surface area (Å²) in [6.45, 7) is 1.34. The van der Waals surface area contributed by atoms with E-state index in [4.69, 9.17) is 20.3 Å². The molecule has 19 heavy (non-hydrogen) atoms. The van der Waals surface area contributed by atoms with E-state index in [-0.39, 0.29) is 6.61 Å². The number of carbonyl (C=O) groups excluding carboxylic acids is 2. The predicted molar refractivity (Wildman–Crippen MR) is 66.7 cm³/mol. The van der Waals surface area contributed by atoms with Crippen molar-refractivity contribution in [3.8, 4) is 11.5 Å². The smallest absolute Gasteiger partial charge is 0.318 e. The van der Waals surface area contributed by atoms with Crippen molar-refractivity contribution >= 4 is 11.9 Å². The van der Waals surface area contributed by atoms with Gasteiger partial charge in [0.05, 0.1) is 13.7 Å². The van der Waals surface area contributed by atoms with Crippen molar-refractivity contribution in [2.75, 3.05) is 7.11 Å². The van der Waals surface area contributed by atoms with Crippen molar-refractivity contribution in [2.45, 2.75) is 19.6 Å². The number of urea groups is 1. The lowest BCUT2D eigenvalue weighted by molar-refractivity contribution is -0.126. The number of benzene rings is 1.